The van der Waals surface area contributed by atoms with Crippen LogP contribution < -0.4 is 0 Å². The molecule has 108 valence electrons. The van der Waals surface area contributed by atoms with Crippen LogP contribution in [0.15, 0.2) is 17.1 Å². The molecule has 1 saturated carbocycles. The van der Waals surface area contributed by atoms with Gasteiger partial charge >= 0.3 is 0 Å². The van der Waals surface area contributed by atoms with E-state index < -0.39 is 5.54 Å². The highest BCUT2D eigenvalue weighted by Crippen LogP contribution is 2.51. The zero-order valence-corrected chi connectivity index (χ0v) is 12.7. The van der Waals surface area contributed by atoms with E-state index in [4.69, 9.17) is 0 Å². The lowest BCUT2D eigenvalue weighted by Crippen LogP contribution is -2.33. The average molecular weight is 273 g/mol. The molecule has 0 aromatic heterocycles. The van der Waals surface area contributed by atoms with Crippen molar-refractivity contribution in [3.05, 3.63) is 28.8 Å². The number of carbonyl (C=O) groups excluding carboxylic acids is 1. The van der Waals surface area contributed by atoms with Gasteiger partial charge in [-0.2, -0.15) is 4.99 Å². The highest BCUT2D eigenvalue weighted by molar-refractivity contribution is 5.54. The van der Waals surface area contributed by atoms with Crippen molar-refractivity contribution in [3.8, 4) is 5.75 Å². The normalized spacial score (nSPS) is 16.9. The fourth-order valence-electron chi connectivity index (χ4n) is 3.08. The molecule has 1 N–H and O–H groups in total. The Morgan fingerprint density at radius 1 is 1.15 bits per heavy atom. The van der Waals surface area contributed by atoms with E-state index in [1.807, 2.05) is 6.07 Å². The zero-order valence-electron chi connectivity index (χ0n) is 12.7. The molecule has 0 bridgehead atoms. The van der Waals surface area contributed by atoms with Crippen LogP contribution in [0, 0.1) is 0 Å². The van der Waals surface area contributed by atoms with Gasteiger partial charge in [0.25, 0.3) is 0 Å². The molecule has 0 atom stereocenters. The molecule has 1 aliphatic carbocycles. The van der Waals surface area contributed by atoms with Gasteiger partial charge in [-0.25, -0.2) is 4.79 Å². The SMILES string of the molecule is CC(C)c1ccc(C(C)C)c(C2(N=C=O)CCC2)c1O. The van der Waals surface area contributed by atoms with Crippen LogP contribution >= 0.6 is 0 Å². The maximum absolute atomic E-state index is 10.8. The first kappa shape index (κ1) is 14.8. The van der Waals surface area contributed by atoms with Gasteiger partial charge < -0.3 is 5.11 Å². The molecule has 3 nitrogen and oxygen atoms in total. The Bertz CT molecular complexity index is 550. The van der Waals surface area contributed by atoms with E-state index in [2.05, 4.69) is 38.8 Å². The summed E-state index contributed by atoms with van der Waals surface area (Å²) in [4.78, 5) is 14.9. The summed E-state index contributed by atoms with van der Waals surface area (Å²) in [6.07, 6.45) is 4.38. The van der Waals surface area contributed by atoms with Crippen molar-refractivity contribution in [2.24, 2.45) is 4.99 Å². The summed E-state index contributed by atoms with van der Waals surface area (Å²) < 4.78 is 0. The first-order chi connectivity index (χ1) is 9.43. The molecule has 2 rings (SSSR count). The van der Waals surface area contributed by atoms with Crippen molar-refractivity contribution in [2.45, 2.75) is 64.3 Å². The number of nitrogens with zero attached hydrogens (tertiary/aromatic N) is 1. The second kappa shape index (κ2) is 5.41. The van der Waals surface area contributed by atoms with Crippen LogP contribution in [-0.2, 0) is 10.3 Å². The minimum Gasteiger partial charge on any atom is -0.507 e. The van der Waals surface area contributed by atoms with Crippen molar-refractivity contribution in [1.82, 2.24) is 0 Å². The van der Waals surface area contributed by atoms with Gasteiger partial charge in [0.15, 0.2) is 0 Å². The van der Waals surface area contributed by atoms with E-state index in [0.29, 0.717) is 5.75 Å². The molecule has 0 radical (unpaired) electrons. The summed E-state index contributed by atoms with van der Waals surface area (Å²) in [5, 5.41) is 10.7. The van der Waals surface area contributed by atoms with E-state index in [9.17, 15) is 9.90 Å². The lowest BCUT2D eigenvalue weighted by atomic mass is 9.68. The predicted octanol–water partition coefficient (Wildman–Crippen LogP) is 4.35. The van der Waals surface area contributed by atoms with Crippen molar-refractivity contribution >= 4 is 6.08 Å². The highest BCUT2D eigenvalue weighted by Gasteiger charge is 2.43. The number of benzene rings is 1. The molecule has 0 aliphatic heterocycles. The minimum atomic E-state index is -0.545. The quantitative estimate of drug-likeness (QED) is 0.654. The van der Waals surface area contributed by atoms with Crippen LogP contribution in [0.2, 0.25) is 0 Å². The number of aliphatic imine (C=N–C) groups is 1. The summed E-state index contributed by atoms with van der Waals surface area (Å²) in [6, 6.07) is 4.07. The van der Waals surface area contributed by atoms with E-state index in [1.54, 1.807) is 6.08 Å². The number of hydrogen-bond donors (Lipinski definition) is 1. The van der Waals surface area contributed by atoms with Crippen LogP contribution in [-0.4, -0.2) is 11.2 Å². The minimum absolute atomic E-state index is 0.243. The van der Waals surface area contributed by atoms with Crippen LogP contribution in [0.25, 0.3) is 0 Å². The van der Waals surface area contributed by atoms with Crippen molar-refractivity contribution in [1.29, 1.82) is 0 Å². The van der Waals surface area contributed by atoms with Crippen molar-refractivity contribution < 1.29 is 9.90 Å². The third kappa shape index (κ3) is 2.27. The number of isocyanates is 1. The zero-order chi connectivity index (χ0) is 14.9. The smallest absolute Gasteiger partial charge is 0.235 e. The molecule has 1 aromatic carbocycles. The summed E-state index contributed by atoms with van der Waals surface area (Å²) in [5.74, 6) is 0.855. The highest BCUT2D eigenvalue weighted by atomic mass is 16.3. The number of hydrogen-bond acceptors (Lipinski definition) is 3. The number of rotatable bonds is 4. The predicted molar refractivity (Wildman–Crippen MR) is 79.9 cm³/mol. The summed E-state index contributed by atoms with van der Waals surface area (Å²) in [6.45, 7) is 8.32. The number of aromatic hydroxyl groups is 1. The Balaban J connectivity index is 2.70. The standard InChI is InChI=1S/C17H23NO2/c1-11(2)13-6-7-14(12(3)4)16(20)15(13)17(18-10-19)8-5-9-17/h6-7,11-12,20H,5,8-9H2,1-4H3. The molecule has 0 amide bonds. The monoisotopic (exact) mass is 273 g/mol. The average Bonchev–Trinajstić information content (AvgIpc) is 2.33. The van der Waals surface area contributed by atoms with Crippen LogP contribution in [0.1, 0.15) is 75.5 Å². The van der Waals surface area contributed by atoms with E-state index >= 15 is 0 Å². The largest absolute Gasteiger partial charge is 0.507 e. The van der Waals surface area contributed by atoms with Gasteiger partial charge in [0.2, 0.25) is 6.08 Å². The van der Waals surface area contributed by atoms with Crippen LogP contribution in [0.5, 0.6) is 5.75 Å². The third-order valence-corrected chi connectivity index (χ3v) is 4.39. The van der Waals surface area contributed by atoms with Gasteiger partial charge in [-0.15, -0.1) is 0 Å². The molecule has 3 heteroatoms. The van der Waals surface area contributed by atoms with Crippen LogP contribution in [0.3, 0.4) is 0 Å². The maximum Gasteiger partial charge on any atom is 0.235 e. The molecule has 0 saturated heterocycles. The molecule has 1 fully saturated rings. The second-order valence-electron chi connectivity index (χ2n) is 6.37. The van der Waals surface area contributed by atoms with Crippen LogP contribution in [0.4, 0.5) is 0 Å². The summed E-state index contributed by atoms with van der Waals surface area (Å²) in [5.41, 5.74) is 2.33. The van der Waals surface area contributed by atoms with Gasteiger partial charge in [0.1, 0.15) is 11.3 Å². The van der Waals surface area contributed by atoms with E-state index in [-0.39, 0.29) is 11.8 Å². The Labute approximate surface area is 120 Å². The third-order valence-electron chi connectivity index (χ3n) is 4.39. The first-order valence-electron chi connectivity index (χ1n) is 7.38. The lowest BCUT2D eigenvalue weighted by molar-refractivity contribution is 0.244. The van der Waals surface area contributed by atoms with Crippen molar-refractivity contribution in [3.63, 3.8) is 0 Å². The van der Waals surface area contributed by atoms with E-state index in [0.717, 1.165) is 36.0 Å². The Morgan fingerprint density at radius 2 is 1.70 bits per heavy atom. The molecule has 0 unspecified atom stereocenters. The number of phenolic OH excluding ortho intramolecular Hbond substituents is 1. The Hall–Kier alpha value is -1.60. The summed E-state index contributed by atoms with van der Waals surface area (Å²) >= 11 is 0. The van der Waals surface area contributed by atoms with Crippen molar-refractivity contribution in [2.75, 3.05) is 0 Å². The fraction of sp³-hybridized carbons (Fsp3) is 0.588. The molecular formula is C17H23NO2. The van der Waals surface area contributed by atoms with Gasteiger partial charge in [-0.3, -0.25) is 0 Å². The van der Waals surface area contributed by atoms with E-state index in [1.165, 1.54) is 0 Å². The molecule has 1 aromatic rings. The molecule has 0 spiro atoms. The molecule has 0 heterocycles. The Kier molecular flexibility index (Phi) is 4.01. The van der Waals surface area contributed by atoms with Gasteiger partial charge in [0, 0.05) is 5.56 Å². The molecule has 1 aliphatic rings. The number of phenols is 1. The topological polar surface area (TPSA) is 49.7 Å². The fourth-order valence-corrected chi connectivity index (χ4v) is 3.08. The Morgan fingerprint density at radius 3 is 2.10 bits per heavy atom. The second-order valence-corrected chi connectivity index (χ2v) is 6.37. The lowest BCUT2D eigenvalue weighted by Gasteiger charge is -2.40. The van der Waals surface area contributed by atoms with Gasteiger partial charge in [0.05, 0.1) is 0 Å². The van der Waals surface area contributed by atoms with Gasteiger partial charge in [-0.1, -0.05) is 39.8 Å². The molecular weight excluding hydrogens is 250 g/mol. The molecule has 20 heavy (non-hydrogen) atoms. The summed E-state index contributed by atoms with van der Waals surface area (Å²) in [7, 11) is 0. The maximum atomic E-state index is 10.8. The van der Waals surface area contributed by atoms with Gasteiger partial charge in [-0.05, 0) is 42.2 Å². The first-order valence-corrected chi connectivity index (χ1v) is 7.38.